The first kappa shape index (κ1) is 14.1. The zero-order chi connectivity index (χ0) is 13.5. The number of nitrogens with one attached hydrogen (secondary N) is 1. The summed E-state index contributed by atoms with van der Waals surface area (Å²) >= 11 is 0. The van der Waals surface area contributed by atoms with Crippen molar-refractivity contribution in [3.05, 3.63) is 41.2 Å². The van der Waals surface area contributed by atoms with Gasteiger partial charge in [-0.3, -0.25) is 0 Å². The van der Waals surface area contributed by atoms with Crippen molar-refractivity contribution in [1.29, 1.82) is 0 Å². The zero-order valence-electron chi connectivity index (χ0n) is 11.5. The normalized spacial score (nSPS) is 15.4. The average molecular weight is 263 g/mol. The third-order valence-corrected chi connectivity index (χ3v) is 3.61. The summed E-state index contributed by atoms with van der Waals surface area (Å²) in [6.45, 7) is 1.03. The minimum Gasteiger partial charge on any atom is -0.497 e. The van der Waals surface area contributed by atoms with E-state index in [9.17, 15) is 4.39 Å². The monoisotopic (exact) mass is 263 g/mol. The van der Waals surface area contributed by atoms with Crippen molar-refractivity contribution >= 4 is 0 Å². The van der Waals surface area contributed by atoms with Gasteiger partial charge in [0.1, 0.15) is 11.6 Å². The number of hydrogen-bond donors (Lipinski definition) is 1. The molecule has 0 spiro atoms. The maximum absolute atomic E-state index is 13.9. The number of hydrogen-bond acceptors (Lipinski definition) is 2. The highest BCUT2D eigenvalue weighted by molar-refractivity contribution is 5.27. The summed E-state index contributed by atoms with van der Waals surface area (Å²) in [6.07, 6.45) is 5.41. The van der Waals surface area contributed by atoms with E-state index in [1.54, 1.807) is 7.11 Å². The van der Waals surface area contributed by atoms with Gasteiger partial charge in [-0.05, 0) is 49.0 Å². The van der Waals surface area contributed by atoms with E-state index in [0.717, 1.165) is 42.6 Å². The summed E-state index contributed by atoms with van der Waals surface area (Å²) in [7, 11) is 1.65. The fourth-order valence-corrected chi connectivity index (χ4v) is 2.43. The molecule has 0 unspecified atom stereocenters. The summed E-state index contributed by atoms with van der Waals surface area (Å²) < 4.78 is 19.0. The van der Waals surface area contributed by atoms with Crippen molar-refractivity contribution in [1.82, 2.24) is 5.32 Å². The number of methoxy groups -OCH3 is 1. The first-order valence-electron chi connectivity index (χ1n) is 6.99. The molecule has 0 saturated heterocycles. The molecule has 0 aliphatic heterocycles. The zero-order valence-corrected chi connectivity index (χ0v) is 11.5. The topological polar surface area (TPSA) is 21.3 Å². The molecule has 1 fully saturated rings. The number of ether oxygens (including phenoxy) is 1. The van der Waals surface area contributed by atoms with Crippen LogP contribution in [0.1, 0.15) is 37.7 Å². The third kappa shape index (κ3) is 4.35. The smallest absolute Gasteiger partial charge is 0.118 e. The average Bonchev–Trinajstić information content (AvgIpc) is 2.49. The van der Waals surface area contributed by atoms with E-state index in [2.05, 4.69) is 5.32 Å². The highest BCUT2D eigenvalue weighted by Crippen LogP contribution is 2.26. The lowest BCUT2D eigenvalue weighted by Gasteiger charge is -2.15. The molecule has 3 heteroatoms. The molecule has 1 saturated carbocycles. The number of benzene rings is 1. The molecule has 0 amide bonds. The molecule has 2 nitrogen and oxygen atoms in total. The van der Waals surface area contributed by atoms with Crippen LogP contribution in [-0.4, -0.2) is 13.7 Å². The summed E-state index contributed by atoms with van der Waals surface area (Å²) in [5.41, 5.74) is 2.16. The molecule has 0 atom stereocenters. The predicted octanol–water partition coefficient (Wildman–Crippen LogP) is 3.97. The Hall–Kier alpha value is -1.35. The van der Waals surface area contributed by atoms with Crippen LogP contribution in [0.25, 0.3) is 0 Å². The van der Waals surface area contributed by atoms with Gasteiger partial charge in [0.25, 0.3) is 0 Å². The van der Waals surface area contributed by atoms with Crippen molar-refractivity contribution in [2.75, 3.05) is 13.7 Å². The van der Waals surface area contributed by atoms with Crippen LogP contribution in [0, 0.1) is 0 Å². The Morgan fingerprint density at radius 2 is 1.84 bits per heavy atom. The minimum atomic E-state index is 0.0493. The molecule has 19 heavy (non-hydrogen) atoms. The molecule has 1 aromatic carbocycles. The highest BCUT2D eigenvalue weighted by Gasteiger charge is 2.10. The van der Waals surface area contributed by atoms with Gasteiger partial charge in [0.15, 0.2) is 0 Å². The van der Waals surface area contributed by atoms with Crippen molar-refractivity contribution < 1.29 is 9.13 Å². The standard InChI is InChI=1S/C16H22FNO/c1-19-15-9-7-13(8-10-15)11-18-12-16(17)14-5-3-2-4-6-14/h7-10,18H,2-6,11-12H2,1H3. The quantitative estimate of drug-likeness (QED) is 0.867. The van der Waals surface area contributed by atoms with Crippen LogP contribution >= 0.6 is 0 Å². The molecule has 1 N–H and O–H groups in total. The Morgan fingerprint density at radius 3 is 2.47 bits per heavy atom. The van der Waals surface area contributed by atoms with Gasteiger partial charge in [0, 0.05) is 13.1 Å². The second-order valence-electron chi connectivity index (χ2n) is 5.02. The van der Waals surface area contributed by atoms with Gasteiger partial charge in [0.05, 0.1) is 7.11 Å². The minimum absolute atomic E-state index is 0.0493. The summed E-state index contributed by atoms with van der Waals surface area (Å²) in [4.78, 5) is 0. The van der Waals surface area contributed by atoms with Crippen LogP contribution < -0.4 is 10.1 Å². The molecule has 0 aromatic heterocycles. The second-order valence-corrected chi connectivity index (χ2v) is 5.02. The largest absolute Gasteiger partial charge is 0.497 e. The Morgan fingerprint density at radius 1 is 1.16 bits per heavy atom. The molecule has 104 valence electrons. The predicted molar refractivity (Wildman–Crippen MR) is 75.9 cm³/mol. The van der Waals surface area contributed by atoms with Gasteiger partial charge in [0.2, 0.25) is 0 Å². The summed E-state index contributed by atoms with van der Waals surface area (Å²) in [5.74, 6) is 0.896. The van der Waals surface area contributed by atoms with E-state index in [0.29, 0.717) is 13.1 Å². The van der Waals surface area contributed by atoms with Crippen molar-refractivity contribution in [3.8, 4) is 5.75 Å². The van der Waals surface area contributed by atoms with E-state index in [-0.39, 0.29) is 5.83 Å². The maximum atomic E-state index is 13.9. The maximum Gasteiger partial charge on any atom is 0.118 e. The Bertz CT molecular complexity index is 417. The van der Waals surface area contributed by atoms with Crippen LogP contribution in [0.3, 0.4) is 0 Å². The van der Waals surface area contributed by atoms with Gasteiger partial charge in [-0.15, -0.1) is 0 Å². The van der Waals surface area contributed by atoms with E-state index in [4.69, 9.17) is 4.74 Å². The molecular formula is C16H22FNO. The molecular weight excluding hydrogens is 241 g/mol. The highest BCUT2D eigenvalue weighted by atomic mass is 19.1. The SMILES string of the molecule is COc1ccc(CNCC(F)=C2CCCCC2)cc1. The lowest BCUT2D eigenvalue weighted by Crippen LogP contribution is -2.16. The molecule has 2 rings (SSSR count). The van der Waals surface area contributed by atoms with Crippen LogP contribution in [0.2, 0.25) is 0 Å². The van der Waals surface area contributed by atoms with E-state index < -0.39 is 0 Å². The van der Waals surface area contributed by atoms with E-state index >= 15 is 0 Å². The molecule has 1 aromatic rings. The summed E-state index contributed by atoms with van der Waals surface area (Å²) in [6, 6.07) is 7.84. The lowest BCUT2D eigenvalue weighted by atomic mass is 9.94. The molecule has 0 radical (unpaired) electrons. The van der Waals surface area contributed by atoms with Crippen LogP contribution in [0.4, 0.5) is 4.39 Å². The lowest BCUT2D eigenvalue weighted by molar-refractivity contribution is 0.414. The Balaban J connectivity index is 1.79. The first-order valence-corrected chi connectivity index (χ1v) is 6.99. The Kier molecular flexibility index (Phi) is 5.40. The third-order valence-electron chi connectivity index (χ3n) is 3.61. The van der Waals surface area contributed by atoms with Gasteiger partial charge in [-0.25, -0.2) is 4.39 Å². The van der Waals surface area contributed by atoms with Gasteiger partial charge in [-0.1, -0.05) is 18.6 Å². The van der Waals surface area contributed by atoms with Crippen molar-refractivity contribution in [3.63, 3.8) is 0 Å². The van der Waals surface area contributed by atoms with E-state index in [1.807, 2.05) is 24.3 Å². The van der Waals surface area contributed by atoms with E-state index in [1.165, 1.54) is 6.42 Å². The Labute approximate surface area is 114 Å². The van der Waals surface area contributed by atoms with Crippen LogP contribution in [0.5, 0.6) is 5.75 Å². The van der Waals surface area contributed by atoms with Crippen molar-refractivity contribution in [2.45, 2.75) is 38.6 Å². The second kappa shape index (κ2) is 7.29. The molecule has 0 heterocycles. The van der Waals surface area contributed by atoms with Gasteiger partial charge < -0.3 is 10.1 Å². The number of allylic oxidation sites excluding steroid dienone is 1. The number of halogens is 1. The fourth-order valence-electron chi connectivity index (χ4n) is 2.43. The van der Waals surface area contributed by atoms with Gasteiger partial charge in [-0.2, -0.15) is 0 Å². The first-order chi connectivity index (χ1) is 9.29. The summed E-state index contributed by atoms with van der Waals surface area (Å²) in [5, 5.41) is 3.16. The molecule has 1 aliphatic rings. The van der Waals surface area contributed by atoms with Crippen LogP contribution in [0.15, 0.2) is 35.7 Å². The fraction of sp³-hybridized carbons (Fsp3) is 0.500. The van der Waals surface area contributed by atoms with Crippen LogP contribution in [-0.2, 0) is 6.54 Å². The van der Waals surface area contributed by atoms with Gasteiger partial charge >= 0.3 is 0 Å². The number of rotatable bonds is 5. The van der Waals surface area contributed by atoms with Crippen molar-refractivity contribution in [2.24, 2.45) is 0 Å². The molecule has 1 aliphatic carbocycles. The molecule has 0 bridgehead atoms.